The largest absolute Gasteiger partial charge is 0.416 e. The third-order valence-electron chi connectivity index (χ3n) is 2.65. The molecule has 2 aromatic rings. The van der Waals surface area contributed by atoms with Gasteiger partial charge in [-0.1, -0.05) is 12.1 Å². The van der Waals surface area contributed by atoms with Gasteiger partial charge in [-0.2, -0.15) is 13.2 Å². The van der Waals surface area contributed by atoms with Crippen LogP contribution in [0.4, 0.5) is 13.2 Å². The van der Waals surface area contributed by atoms with Crippen LogP contribution >= 0.6 is 0 Å². The normalized spacial score (nSPS) is 11.2. The minimum atomic E-state index is -4.54. The molecule has 0 saturated carbocycles. The molecule has 7 heteroatoms. The van der Waals surface area contributed by atoms with E-state index in [1.54, 1.807) is 0 Å². The fourth-order valence-electron chi connectivity index (χ4n) is 1.64. The molecule has 0 aliphatic heterocycles. The van der Waals surface area contributed by atoms with E-state index in [0.29, 0.717) is 0 Å². The summed E-state index contributed by atoms with van der Waals surface area (Å²) in [5.74, 6) is -1.49. The fourth-order valence-corrected chi connectivity index (χ4v) is 1.64. The molecule has 0 spiro atoms. The molecule has 0 N–H and O–H groups in total. The average Bonchev–Trinajstić information content (AvgIpc) is 2.47. The van der Waals surface area contributed by atoms with Crippen molar-refractivity contribution in [2.24, 2.45) is 0 Å². The van der Waals surface area contributed by atoms with Gasteiger partial charge in [0.25, 0.3) is 0 Å². The van der Waals surface area contributed by atoms with E-state index in [-0.39, 0.29) is 11.4 Å². The van der Waals surface area contributed by atoms with Crippen LogP contribution in [0, 0.1) is 0 Å². The summed E-state index contributed by atoms with van der Waals surface area (Å²) >= 11 is 0. The number of hydrogen-bond donors (Lipinski definition) is 0. The van der Waals surface area contributed by atoms with Crippen LogP contribution in [-0.2, 0) is 6.18 Å². The molecule has 0 radical (unpaired) electrons. The Bertz CT molecular complexity index is 669. The van der Waals surface area contributed by atoms with E-state index in [1.807, 2.05) is 0 Å². The molecule has 0 fully saturated rings. The predicted molar refractivity (Wildman–Crippen MR) is 66.8 cm³/mol. The second-order valence-electron chi connectivity index (χ2n) is 4.17. The second-order valence-corrected chi connectivity index (χ2v) is 4.17. The molecule has 4 nitrogen and oxygen atoms in total. The highest BCUT2D eigenvalue weighted by atomic mass is 19.4. The van der Waals surface area contributed by atoms with Crippen LogP contribution < -0.4 is 0 Å². The van der Waals surface area contributed by atoms with Gasteiger partial charge in [0.05, 0.1) is 12.0 Å². The van der Waals surface area contributed by atoms with Crippen LogP contribution in [0.15, 0.2) is 42.7 Å². The SMILES string of the molecule is O=C(CC(=O)c1ncccn1)c1cccc(C(F)(F)F)c1. The van der Waals surface area contributed by atoms with Crippen molar-refractivity contribution < 1.29 is 22.8 Å². The number of aromatic nitrogens is 2. The van der Waals surface area contributed by atoms with Crippen LogP contribution in [0.2, 0.25) is 0 Å². The number of rotatable bonds is 4. The smallest absolute Gasteiger partial charge is 0.294 e. The molecule has 21 heavy (non-hydrogen) atoms. The minimum absolute atomic E-state index is 0.141. The van der Waals surface area contributed by atoms with E-state index < -0.39 is 29.7 Å². The third kappa shape index (κ3) is 3.71. The lowest BCUT2D eigenvalue weighted by molar-refractivity contribution is -0.137. The third-order valence-corrected chi connectivity index (χ3v) is 2.65. The van der Waals surface area contributed by atoms with E-state index in [2.05, 4.69) is 9.97 Å². The number of nitrogens with zero attached hydrogens (tertiary/aromatic N) is 2. The monoisotopic (exact) mass is 294 g/mol. The van der Waals surface area contributed by atoms with Crippen LogP contribution in [0.25, 0.3) is 0 Å². The Kier molecular flexibility index (Phi) is 4.11. The maximum atomic E-state index is 12.6. The molecule has 0 saturated heterocycles. The highest BCUT2D eigenvalue weighted by molar-refractivity contribution is 6.12. The Balaban J connectivity index is 2.16. The number of halogens is 3. The molecule has 0 bridgehead atoms. The Morgan fingerprint density at radius 2 is 1.67 bits per heavy atom. The van der Waals surface area contributed by atoms with Gasteiger partial charge in [-0.25, -0.2) is 9.97 Å². The van der Waals surface area contributed by atoms with Gasteiger partial charge in [0.15, 0.2) is 11.6 Å². The maximum Gasteiger partial charge on any atom is 0.416 e. The molecular weight excluding hydrogens is 285 g/mol. The first-order chi connectivity index (χ1) is 9.88. The van der Waals surface area contributed by atoms with Crippen molar-refractivity contribution in [1.82, 2.24) is 9.97 Å². The van der Waals surface area contributed by atoms with Crippen LogP contribution in [-0.4, -0.2) is 21.5 Å². The lowest BCUT2D eigenvalue weighted by Gasteiger charge is -2.07. The van der Waals surface area contributed by atoms with Crippen LogP contribution in [0.5, 0.6) is 0 Å². The lowest BCUT2D eigenvalue weighted by Crippen LogP contribution is -2.13. The van der Waals surface area contributed by atoms with Crippen molar-refractivity contribution in [2.75, 3.05) is 0 Å². The summed E-state index contributed by atoms with van der Waals surface area (Å²) in [6.07, 6.45) is -2.43. The van der Waals surface area contributed by atoms with E-state index in [4.69, 9.17) is 0 Å². The van der Waals surface area contributed by atoms with Gasteiger partial charge in [0, 0.05) is 18.0 Å². The molecule has 2 rings (SSSR count). The Labute approximate surface area is 117 Å². The van der Waals surface area contributed by atoms with E-state index >= 15 is 0 Å². The van der Waals surface area contributed by atoms with Gasteiger partial charge < -0.3 is 0 Å². The first-order valence-corrected chi connectivity index (χ1v) is 5.88. The Hall–Kier alpha value is -2.57. The maximum absolute atomic E-state index is 12.6. The summed E-state index contributed by atoms with van der Waals surface area (Å²) in [4.78, 5) is 31.0. The highest BCUT2D eigenvalue weighted by Gasteiger charge is 2.31. The number of carbonyl (C=O) groups excluding carboxylic acids is 2. The number of benzene rings is 1. The molecule has 108 valence electrons. The zero-order valence-electron chi connectivity index (χ0n) is 10.6. The molecule has 0 amide bonds. The summed E-state index contributed by atoms with van der Waals surface area (Å²) in [5, 5.41) is 0. The molecule has 0 aliphatic rings. The van der Waals surface area contributed by atoms with Gasteiger partial charge in [-0.05, 0) is 18.2 Å². The zero-order chi connectivity index (χ0) is 15.5. The topological polar surface area (TPSA) is 59.9 Å². The van der Waals surface area contributed by atoms with E-state index in [1.165, 1.54) is 24.5 Å². The van der Waals surface area contributed by atoms with Gasteiger partial charge in [-0.3, -0.25) is 9.59 Å². The van der Waals surface area contributed by atoms with E-state index in [9.17, 15) is 22.8 Å². The van der Waals surface area contributed by atoms with Gasteiger partial charge >= 0.3 is 6.18 Å². The lowest BCUT2D eigenvalue weighted by atomic mass is 10.0. The van der Waals surface area contributed by atoms with Crippen molar-refractivity contribution in [3.05, 3.63) is 59.7 Å². The number of carbonyl (C=O) groups is 2. The number of ketones is 2. The molecule has 1 aromatic heterocycles. The molecule has 0 atom stereocenters. The highest BCUT2D eigenvalue weighted by Crippen LogP contribution is 2.29. The summed E-state index contributed by atoms with van der Waals surface area (Å²) in [6.45, 7) is 0. The summed E-state index contributed by atoms with van der Waals surface area (Å²) in [6, 6.07) is 5.45. The summed E-state index contributed by atoms with van der Waals surface area (Å²) < 4.78 is 37.7. The minimum Gasteiger partial charge on any atom is -0.294 e. The predicted octanol–water partition coefficient (Wildman–Crippen LogP) is 2.95. The first kappa shape index (κ1) is 14.8. The molecule has 1 heterocycles. The number of alkyl halides is 3. The fraction of sp³-hybridized carbons (Fsp3) is 0.143. The van der Waals surface area contributed by atoms with Gasteiger partial charge in [-0.15, -0.1) is 0 Å². The van der Waals surface area contributed by atoms with Crippen molar-refractivity contribution >= 4 is 11.6 Å². The Morgan fingerprint density at radius 3 is 2.29 bits per heavy atom. The Morgan fingerprint density at radius 1 is 1.00 bits per heavy atom. The zero-order valence-corrected chi connectivity index (χ0v) is 10.6. The number of hydrogen-bond acceptors (Lipinski definition) is 4. The second kappa shape index (κ2) is 5.82. The first-order valence-electron chi connectivity index (χ1n) is 5.88. The standard InChI is InChI=1S/C14H9F3N2O2/c15-14(16,17)10-4-1-3-9(7-10)11(20)8-12(21)13-18-5-2-6-19-13/h1-7H,8H2. The van der Waals surface area contributed by atoms with Crippen LogP contribution in [0.1, 0.15) is 33.0 Å². The van der Waals surface area contributed by atoms with Crippen molar-refractivity contribution in [3.63, 3.8) is 0 Å². The molecular formula is C14H9F3N2O2. The molecule has 1 aromatic carbocycles. The van der Waals surface area contributed by atoms with Crippen molar-refractivity contribution in [2.45, 2.75) is 12.6 Å². The van der Waals surface area contributed by atoms with E-state index in [0.717, 1.165) is 18.2 Å². The van der Waals surface area contributed by atoms with Gasteiger partial charge in [0.1, 0.15) is 0 Å². The summed E-state index contributed by atoms with van der Waals surface area (Å²) in [5.41, 5.74) is -1.11. The van der Waals surface area contributed by atoms with Gasteiger partial charge in [0.2, 0.25) is 5.78 Å². The summed E-state index contributed by atoms with van der Waals surface area (Å²) in [7, 11) is 0. The molecule has 0 aliphatic carbocycles. The van der Waals surface area contributed by atoms with Crippen LogP contribution in [0.3, 0.4) is 0 Å². The quantitative estimate of drug-likeness (QED) is 0.642. The average molecular weight is 294 g/mol. The number of Topliss-reactive ketones (excluding diaryl/α,β-unsaturated/α-hetero) is 2. The molecule has 0 unspecified atom stereocenters. The van der Waals surface area contributed by atoms with Crippen molar-refractivity contribution in [1.29, 1.82) is 0 Å². The van der Waals surface area contributed by atoms with Crippen molar-refractivity contribution in [3.8, 4) is 0 Å².